The predicted octanol–water partition coefficient (Wildman–Crippen LogP) is 1.47. The number of anilines is 1. The summed E-state index contributed by atoms with van der Waals surface area (Å²) in [5, 5.41) is 0. The van der Waals surface area contributed by atoms with Crippen molar-refractivity contribution in [2.45, 2.75) is 38.1 Å². The topological polar surface area (TPSA) is 76.3 Å². The van der Waals surface area contributed by atoms with E-state index in [1.165, 1.54) is 22.8 Å². The molecule has 0 saturated heterocycles. The molecule has 0 aliphatic rings. The molecular formula is C11H19N3O2S. The average Bonchev–Trinajstić information content (AvgIpc) is 2.25. The first-order chi connectivity index (χ1) is 7.91. The van der Waals surface area contributed by atoms with E-state index in [2.05, 4.69) is 4.98 Å². The molecule has 6 heteroatoms. The van der Waals surface area contributed by atoms with Gasteiger partial charge in [-0.15, -0.1) is 0 Å². The van der Waals surface area contributed by atoms with Crippen molar-refractivity contribution < 1.29 is 8.42 Å². The summed E-state index contributed by atoms with van der Waals surface area (Å²) in [5.74, 6) is 0. The minimum Gasteiger partial charge on any atom is -0.398 e. The molecule has 1 aromatic rings. The number of pyridine rings is 1. The molecule has 2 N–H and O–H groups in total. The highest BCUT2D eigenvalue weighted by Crippen LogP contribution is 2.22. The SMILES string of the molecule is CCCN(C(C)C)S(=O)(=O)c1cnccc1N. The number of hydrogen-bond donors (Lipinski definition) is 1. The summed E-state index contributed by atoms with van der Waals surface area (Å²) in [5.41, 5.74) is 5.93. The molecule has 0 atom stereocenters. The van der Waals surface area contributed by atoms with Gasteiger partial charge in [0.2, 0.25) is 10.0 Å². The van der Waals surface area contributed by atoms with Crippen molar-refractivity contribution in [1.82, 2.24) is 9.29 Å². The van der Waals surface area contributed by atoms with Gasteiger partial charge in [-0.1, -0.05) is 6.92 Å². The largest absolute Gasteiger partial charge is 0.398 e. The zero-order valence-electron chi connectivity index (χ0n) is 10.4. The number of nitrogens with two attached hydrogens (primary N) is 1. The molecule has 17 heavy (non-hydrogen) atoms. The van der Waals surface area contributed by atoms with E-state index in [1.807, 2.05) is 20.8 Å². The number of sulfonamides is 1. The van der Waals surface area contributed by atoms with E-state index in [9.17, 15) is 8.42 Å². The summed E-state index contributed by atoms with van der Waals surface area (Å²) in [4.78, 5) is 3.91. The molecule has 0 aliphatic heterocycles. The second-order valence-electron chi connectivity index (χ2n) is 4.12. The lowest BCUT2D eigenvalue weighted by molar-refractivity contribution is 0.354. The van der Waals surface area contributed by atoms with Gasteiger partial charge < -0.3 is 5.73 Å². The second kappa shape index (κ2) is 5.46. The lowest BCUT2D eigenvalue weighted by Gasteiger charge is -2.25. The molecule has 1 rings (SSSR count). The van der Waals surface area contributed by atoms with E-state index < -0.39 is 10.0 Å². The summed E-state index contributed by atoms with van der Waals surface area (Å²) in [7, 11) is -3.55. The van der Waals surface area contributed by atoms with Crippen LogP contribution < -0.4 is 5.73 Å². The van der Waals surface area contributed by atoms with Crippen LogP contribution in [0.25, 0.3) is 0 Å². The van der Waals surface area contributed by atoms with E-state index in [4.69, 9.17) is 5.73 Å². The molecule has 0 aliphatic carbocycles. The maximum Gasteiger partial charge on any atom is 0.246 e. The molecule has 1 heterocycles. The molecule has 0 saturated carbocycles. The Morgan fingerprint density at radius 2 is 2.12 bits per heavy atom. The van der Waals surface area contributed by atoms with Crippen molar-refractivity contribution in [1.29, 1.82) is 0 Å². The van der Waals surface area contributed by atoms with E-state index in [0.29, 0.717) is 6.54 Å². The zero-order valence-corrected chi connectivity index (χ0v) is 11.2. The number of aromatic nitrogens is 1. The molecule has 0 unspecified atom stereocenters. The maximum atomic E-state index is 12.4. The van der Waals surface area contributed by atoms with Gasteiger partial charge in [0.1, 0.15) is 4.90 Å². The second-order valence-corrected chi connectivity index (χ2v) is 5.98. The number of hydrogen-bond acceptors (Lipinski definition) is 4. The lowest BCUT2D eigenvalue weighted by atomic mass is 10.4. The summed E-state index contributed by atoms with van der Waals surface area (Å²) in [6, 6.07) is 1.40. The van der Waals surface area contributed by atoms with Crippen LogP contribution >= 0.6 is 0 Å². The molecule has 0 radical (unpaired) electrons. The van der Waals surface area contributed by atoms with Gasteiger partial charge in [0.15, 0.2) is 0 Å². The van der Waals surface area contributed by atoms with Gasteiger partial charge in [-0.2, -0.15) is 4.31 Å². The molecule has 96 valence electrons. The van der Waals surface area contributed by atoms with Crippen LogP contribution in [0, 0.1) is 0 Å². The third-order valence-corrected chi connectivity index (χ3v) is 4.54. The maximum absolute atomic E-state index is 12.4. The fourth-order valence-electron chi connectivity index (χ4n) is 1.61. The van der Waals surface area contributed by atoms with E-state index >= 15 is 0 Å². The highest BCUT2D eigenvalue weighted by molar-refractivity contribution is 7.89. The summed E-state index contributed by atoms with van der Waals surface area (Å²) >= 11 is 0. The minimum atomic E-state index is -3.55. The van der Waals surface area contributed by atoms with Crippen LogP contribution in [0.4, 0.5) is 5.69 Å². The quantitative estimate of drug-likeness (QED) is 0.866. The summed E-state index contributed by atoms with van der Waals surface area (Å²) < 4.78 is 26.2. The third kappa shape index (κ3) is 2.95. The van der Waals surface area contributed by atoms with Gasteiger partial charge in [0.25, 0.3) is 0 Å². The van der Waals surface area contributed by atoms with Crippen LogP contribution in [0.2, 0.25) is 0 Å². The van der Waals surface area contributed by atoms with Crippen LogP contribution in [0.5, 0.6) is 0 Å². The number of nitrogens with zero attached hydrogens (tertiary/aromatic N) is 2. The molecular weight excluding hydrogens is 238 g/mol. The van der Waals surface area contributed by atoms with Gasteiger partial charge in [0, 0.05) is 25.0 Å². The smallest absolute Gasteiger partial charge is 0.246 e. The molecule has 5 nitrogen and oxygen atoms in total. The first-order valence-corrected chi connectivity index (χ1v) is 7.06. The Hall–Kier alpha value is -1.14. The Morgan fingerprint density at radius 3 is 2.59 bits per heavy atom. The zero-order chi connectivity index (χ0) is 13.1. The monoisotopic (exact) mass is 257 g/mol. The summed E-state index contributed by atoms with van der Waals surface area (Å²) in [6.07, 6.45) is 3.54. The molecule has 0 aromatic carbocycles. The number of rotatable bonds is 5. The fourth-order valence-corrected chi connectivity index (χ4v) is 3.40. The van der Waals surface area contributed by atoms with Crippen molar-refractivity contribution in [3.63, 3.8) is 0 Å². The lowest BCUT2D eigenvalue weighted by Crippen LogP contribution is -2.37. The van der Waals surface area contributed by atoms with Gasteiger partial charge in [-0.05, 0) is 26.3 Å². The highest BCUT2D eigenvalue weighted by Gasteiger charge is 2.28. The van der Waals surface area contributed by atoms with Crippen LogP contribution in [-0.4, -0.2) is 30.3 Å². The standard InChI is InChI=1S/C11H19N3O2S/c1-4-7-14(9(2)3)17(15,16)11-8-13-6-5-10(11)12/h5-6,8-9H,4,7H2,1-3H3,(H2,12,13). The van der Waals surface area contributed by atoms with E-state index in [-0.39, 0.29) is 16.6 Å². The normalized spacial score (nSPS) is 12.3. The first kappa shape index (κ1) is 13.9. The third-order valence-electron chi connectivity index (χ3n) is 2.42. The van der Waals surface area contributed by atoms with Gasteiger partial charge in [-0.3, -0.25) is 4.98 Å². The van der Waals surface area contributed by atoms with Gasteiger partial charge in [-0.25, -0.2) is 8.42 Å². The molecule has 0 bridgehead atoms. The Bertz CT molecular complexity index is 471. The van der Waals surface area contributed by atoms with Gasteiger partial charge in [0.05, 0.1) is 5.69 Å². The van der Waals surface area contributed by atoms with Crippen LogP contribution in [0.15, 0.2) is 23.4 Å². The van der Waals surface area contributed by atoms with Crippen LogP contribution in [-0.2, 0) is 10.0 Å². The molecule has 1 aromatic heterocycles. The highest BCUT2D eigenvalue weighted by atomic mass is 32.2. The van der Waals surface area contributed by atoms with E-state index in [0.717, 1.165) is 6.42 Å². The molecule has 0 spiro atoms. The fraction of sp³-hybridized carbons (Fsp3) is 0.545. The predicted molar refractivity (Wildman–Crippen MR) is 68.0 cm³/mol. The summed E-state index contributed by atoms with van der Waals surface area (Å²) in [6.45, 7) is 6.12. The average molecular weight is 257 g/mol. The Morgan fingerprint density at radius 1 is 1.47 bits per heavy atom. The van der Waals surface area contributed by atoms with E-state index in [1.54, 1.807) is 0 Å². The van der Waals surface area contributed by atoms with Gasteiger partial charge >= 0.3 is 0 Å². The van der Waals surface area contributed by atoms with Crippen molar-refractivity contribution in [2.24, 2.45) is 0 Å². The Labute approximate surface area is 103 Å². The minimum absolute atomic E-state index is 0.0853. The van der Waals surface area contributed by atoms with Crippen LogP contribution in [0.3, 0.4) is 0 Å². The number of nitrogen functional groups attached to an aromatic ring is 1. The van der Waals surface area contributed by atoms with Crippen molar-refractivity contribution in [2.75, 3.05) is 12.3 Å². The van der Waals surface area contributed by atoms with Crippen molar-refractivity contribution in [3.05, 3.63) is 18.5 Å². The van der Waals surface area contributed by atoms with Crippen molar-refractivity contribution >= 4 is 15.7 Å². The Balaban J connectivity index is 3.22. The van der Waals surface area contributed by atoms with Crippen molar-refractivity contribution in [3.8, 4) is 0 Å². The first-order valence-electron chi connectivity index (χ1n) is 5.62. The van der Waals surface area contributed by atoms with Crippen LogP contribution in [0.1, 0.15) is 27.2 Å². The Kier molecular flexibility index (Phi) is 4.47. The molecule has 0 fully saturated rings. The molecule has 0 amide bonds.